The van der Waals surface area contributed by atoms with Crippen LogP contribution >= 0.6 is 11.6 Å². The van der Waals surface area contributed by atoms with Gasteiger partial charge in [0.2, 0.25) is 6.79 Å². The van der Waals surface area contributed by atoms with Gasteiger partial charge in [0, 0.05) is 13.1 Å². The number of para-hydroxylation sites is 1. The van der Waals surface area contributed by atoms with E-state index >= 15 is 0 Å². The first-order valence-electron chi connectivity index (χ1n) is 8.00. The van der Waals surface area contributed by atoms with Gasteiger partial charge in [0.15, 0.2) is 11.5 Å². The topological polar surface area (TPSA) is 68.8 Å². The van der Waals surface area contributed by atoms with Gasteiger partial charge in [-0.25, -0.2) is 4.79 Å². The van der Waals surface area contributed by atoms with E-state index in [2.05, 4.69) is 10.6 Å². The number of urea groups is 1. The van der Waals surface area contributed by atoms with Crippen LogP contribution in [0.1, 0.15) is 12.0 Å². The van der Waals surface area contributed by atoms with Crippen molar-refractivity contribution < 1.29 is 19.0 Å². The number of nitrogens with one attached hydrogen (secondary N) is 2. The molecule has 0 atom stereocenters. The summed E-state index contributed by atoms with van der Waals surface area (Å²) >= 11 is 6.00. The first-order valence-corrected chi connectivity index (χ1v) is 8.38. The molecule has 0 radical (unpaired) electrons. The molecule has 0 aromatic heterocycles. The summed E-state index contributed by atoms with van der Waals surface area (Å²) in [6, 6.07) is 12.7. The number of carbonyl (C=O) groups excluding carboxylic acids is 1. The molecule has 7 heteroatoms. The molecule has 1 heterocycles. The van der Waals surface area contributed by atoms with Crippen LogP contribution in [0.15, 0.2) is 42.5 Å². The quantitative estimate of drug-likeness (QED) is 0.741. The van der Waals surface area contributed by atoms with E-state index in [1.807, 2.05) is 36.4 Å². The smallest absolute Gasteiger partial charge is 0.315 e. The fraction of sp³-hybridized carbons (Fsp3) is 0.278. The monoisotopic (exact) mass is 362 g/mol. The van der Waals surface area contributed by atoms with E-state index in [9.17, 15) is 4.79 Å². The van der Waals surface area contributed by atoms with Gasteiger partial charge in [-0.15, -0.1) is 0 Å². The number of ether oxygens (including phenoxy) is 3. The highest BCUT2D eigenvalue weighted by molar-refractivity contribution is 6.32. The molecule has 0 spiro atoms. The number of rotatable bonds is 7. The minimum atomic E-state index is -0.226. The molecule has 0 saturated carbocycles. The molecule has 2 aromatic carbocycles. The van der Waals surface area contributed by atoms with Crippen LogP contribution in [0.3, 0.4) is 0 Å². The third-order valence-electron chi connectivity index (χ3n) is 3.59. The van der Waals surface area contributed by atoms with Gasteiger partial charge in [0.25, 0.3) is 0 Å². The summed E-state index contributed by atoms with van der Waals surface area (Å²) in [5, 5.41) is 6.17. The zero-order chi connectivity index (χ0) is 17.5. The normalized spacial score (nSPS) is 11.9. The van der Waals surface area contributed by atoms with Gasteiger partial charge in [0.1, 0.15) is 5.75 Å². The van der Waals surface area contributed by atoms with Gasteiger partial charge < -0.3 is 24.8 Å². The number of benzene rings is 2. The van der Waals surface area contributed by atoms with Crippen molar-refractivity contribution in [1.29, 1.82) is 0 Å². The highest BCUT2D eigenvalue weighted by atomic mass is 35.5. The second-order valence-electron chi connectivity index (χ2n) is 5.43. The number of hydrogen-bond acceptors (Lipinski definition) is 4. The van der Waals surface area contributed by atoms with Gasteiger partial charge in [-0.3, -0.25) is 0 Å². The predicted molar refractivity (Wildman–Crippen MR) is 94.4 cm³/mol. The largest absolute Gasteiger partial charge is 0.492 e. The van der Waals surface area contributed by atoms with Crippen molar-refractivity contribution in [3.8, 4) is 17.2 Å². The molecule has 2 amide bonds. The van der Waals surface area contributed by atoms with E-state index in [0.717, 1.165) is 11.3 Å². The molecule has 0 saturated heterocycles. The third-order valence-corrected chi connectivity index (χ3v) is 3.90. The van der Waals surface area contributed by atoms with Crippen molar-refractivity contribution in [2.24, 2.45) is 0 Å². The molecule has 0 fully saturated rings. The van der Waals surface area contributed by atoms with Gasteiger partial charge in [-0.2, -0.15) is 0 Å². The van der Waals surface area contributed by atoms with Crippen LogP contribution in [0.2, 0.25) is 5.02 Å². The lowest BCUT2D eigenvalue weighted by atomic mass is 10.2. The Kier molecular flexibility index (Phi) is 5.85. The Bertz CT molecular complexity index is 739. The maximum absolute atomic E-state index is 11.8. The molecule has 3 rings (SSSR count). The first-order chi connectivity index (χ1) is 12.2. The minimum absolute atomic E-state index is 0.226. The third kappa shape index (κ3) is 4.93. The molecule has 25 heavy (non-hydrogen) atoms. The lowest BCUT2D eigenvalue weighted by Crippen LogP contribution is -2.36. The van der Waals surface area contributed by atoms with Crippen molar-refractivity contribution >= 4 is 17.6 Å². The average Bonchev–Trinajstić information content (AvgIpc) is 3.09. The van der Waals surface area contributed by atoms with E-state index in [-0.39, 0.29) is 12.8 Å². The van der Waals surface area contributed by atoms with Crippen molar-refractivity contribution in [3.05, 3.63) is 53.1 Å². The van der Waals surface area contributed by atoms with Crippen LogP contribution in [-0.4, -0.2) is 26.0 Å². The van der Waals surface area contributed by atoms with Crippen LogP contribution in [-0.2, 0) is 6.54 Å². The number of halogens is 1. The van der Waals surface area contributed by atoms with Crippen LogP contribution < -0.4 is 24.8 Å². The summed E-state index contributed by atoms with van der Waals surface area (Å²) in [6.45, 7) is 1.64. The zero-order valence-corrected chi connectivity index (χ0v) is 14.3. The van der Waals surface area contributed by atoms with E-state index in [0.29, 0.717) is 42.6 Å². The summed E-state index contributed by atoms with van der Waals surface area (Å²) in [4.78, 5) is 11.8. The van der Waals surface area contributed by atoms with Crippen LogP contribution in [0.4, 0.5) is 4.79 Å². The molecule has 2 aromatic rings. The lowest BCUT2D eigenvalue weighted by molar-refractivity contribution is 0.174. The van der Waals surface area contributed by atoms with Crippen LogP contribution in [0.5, 0.6) is 17.2 Å². The Hall–Kier alpha value is -2.60. The average molecular weight is 363 g/mol. The summed E-state index contributed by atoms with van der Waals surface area (Å²) in [5.41, 5.74) is 0.946. The second-order valence-corrected chi connectivity index (χ2v) is 5.84. The van der Waals surface area contributed by atoms with E-state index < -0.39 is 0 Å². The maximum atomic E-state index is 11.8. The highest BCUT2D eigenvalue weighted by Gasteiger charge is 2.13. The van der Waals surface area contributed by atoms with Gasteiger partial charge in [0.05, 0.1) is 11.6 Å². The maximum Gasteiger partial charge on any atom is 0.315 e. The summed E-state index contributed by atoms with van der Waals surface area (Å²) < 4.78 is 16.1. The summed E-state index contributed by atoms with van der Waals surface area (Å²) in [6.07, 6.45) is 0.683. The molecule has 0 bridgehead atoms. The number of hydrogen-bond donors (Lipinski definition) is 2. The zero-order valence-electron chi connectivity index (χ0n) is 13.6. The fourth-order valence-corrected chi connectivity index (χ4v) is 2.50. The Labute approximate surface area is 151 Å². The molecule has 0 unspecified atom stereocenters. The van der Waals surface area contributed by atoms with Crippen LogP contribution in [0, 0.1) is 0 Å². The van der Waals surface area contributed by atoms with Crippen molar-refractivity contribution in [3.63, 3.8) is 0 Å². The Morgan fingerprint density at radius 1 is 1.12 bits per heavy atom. The molecule has 132 valence electrons. The molecule has 1 aliphatic heterocycles. The predicted octanol–water partition coefficient (Wildman–Crippen LogP) is 3.34. The molecule has 0 aliphatic carbocycles. The van der Waals surface area contributed by atoms with Crippen molar-refractivity contribution in [2.45, 2.75) is 13.0 Å². The van der Waals surface area contributed by atoms with Crippen molar-refractivity contribution in [2.75, 3.05) is 19.9 Å². The van der Waals surface area contributed by atoms with E-state index in [4.69, 9.17) is 25.8 Å². The summed E-state index contributed by atoms with van der Waals surface area (Å²) in [5.74, 6) is 2.08. The SMILES string of the molecule is O=C(NCCCOc1ccccc1Cl)NCc1ccc2c(c1)OCO2. The van der Waals surface area contributed by atoms with Gasteiger partial charge in [-0.1, -0.05) is 29.8 Å². The fourth-order valence-electron chi connectivity index (χ4n) is 2.31. The van der Waals surface area contributed by atoms with Gasteiger partial charge in [-0.05, 0) is 36.2 Å². The molecular formula is C18H19ClN2O4. The molecule has 1 aliphatic rings. The number of carbonyl (C=O) groups is 1. The van der Waals surface area contributed by atoms with Crippen molar-refractivity contribution in [1.82, 2.24) is 10.6 Å². The molecular weight excluding hydrogens is 344 g/mol. The van der Waals surface area contributed by atoms with E-state index in [1.165, 1.54) is 0 Å². The standard InChI is InChI=1S/C18H19ClN2O4/c19-14-4-1-2-5-15(14)23-9-3-8-20-18(22)21-11-13-6-7-16-17(10-13)25-12-24-16/h1-2,4-7,10H,3,8-9,11-12H2,(H2,20,21,22). The van der Waals surface area contributed by atoms with Gasteiger partial charge >= 0.3 is 6.03 Å². The second kappa shape index (κ2) is 8.48. The van der Waals surface area contributed by atoms with E-state index in [1.54, 1.807) is 6.07 Å². The number of amides is 2. The first kappa shape index (κ1) is 17.2. The highest BCUT2D eigenvalue weighted by Crippen LogP contribution is 2.32. The van der Waals surface area contributed by atoms with Crippen LogP contribution in [0.25, 0.3) is 0 Å². The summed E-state index contributed by atoms with van der Waals surface area (Å²) in [7, 11) is 0. The Morgan fingerprint density at radius 3 is 2.84 bits per heavy atom. The Morgan fingerprint density at radius 2 is 1.96 bits per heavy atom. The Balaban J connectivity index is 1.31. The molecule has 2 N–H and O–H groups in total. The lowest BCUT2D eigenvalue weighted by Gasteiger charge is -2.10. The molecule has 6 nitrogen and oxygen atoms in total. The minimum Gasteiger partial charge on any atom is -0.492 e. The number of fused-ring (bicyclic) bond motifs is 1.